The minimum absolute atomic E-state index is 0.0170. The highest BCUT2D eigenvalue weighted by Gasteiger charge is 2.20. The Labute approximate surface area is 261 Å². The fraction of sp³-hybridized carbons (Fsp3) is 0.194. The van der Waals surface area contributed by atoms with Crippen molar-refractivity contribution in [2.45, 2.75) is 46.1 Å². The number of phenols is 1. The van der Waals surface area contributed by atoms with Crippen LogP contribution in [0.25, 0.3) is 44.8 Å². The number of nitrogens with zero attached hydrogens (tertiary/aromatic N) is 1. The predicted molar refractivity (Wildman–Crippen MR) is 179 cm³/mol. The number of H-pyrrole nitrogens is 1. The van der Waals surface area contributed by atoms with Crippen LogP contribution in [0.5, 0.6) is 5.75 Å². The van der Waals surface area contributed by atoms with Gasteiger partial charge in [0.1, 0.15) is 17.4 Å². The number of rotatable bonds is 10. The van der Waals surface area contributed by atoms with Gasteiger partial charge in [0.25, 0.3) is 0 Å². The lowest BCUT2D eigenvalue weighted by atomic mass is 9.90. The maximum atomic E-state index is 14.2. The van der Waals surface area contributed by atoms with Gasteiger partial charge in [-0.25, -0.2) is 9.37 Å². The molecule has 0 fully saturated rings. The third-order valence-corrected chi connectivity index (χ3v) is 8.30. The van der Waals surface area contributed by atoms with Gasteiger partial charge in [-0.2, -0.15) is 0 Å². The maximum absolute atomic E-state index is 14.2. The molecule has 4 nitrogen and oxygen atoms in total. The SMILES string of the molecule is C=C(NC(CCC)c1ccc(O)cc1CC)c1ccc(-c2c(Cl)cccc2-c2nc3cc(Cl)c(F)cc3[nH]2)c(C(=C)C)c1. The summed E-state index contributed by atoms with van der Waals surface area (Å²) in [6, 6.07) is 20.3. The number of phenolic OH excluding ortho intramolecular Hbond substituents is 1. The highest BCUT2D eigenvalue weighted by atomic mass is 35.5. The zero-order chi connectivity index (χ0) is 30.8. The van der Waals surface area contributed by atoms with E-state index in [0.29, 0.717) is 21.9 Å². The van der Waals surface area contributed by atoms with E-state index in [4.69, 9.17) is 28.2 Å². The van der Waals surface area contributed by atoms with E-state index in [2.05, 4.69) is 43.4 Å². The molecular formula is C36H34Cl2FN3O. The quantitative estimate of drug-likeness (QED) is 0.147. The topological polar surface area (TPSA) is 60.9 Å². The van der Waals surface area contributed by atoms with E-state index in [1.807, 2.05) is 49.4 Å². The number of aromatic hydroxyl groups is 1. The van der Waals surface area contributed by atoms with E-state index < -0.39 is 5.82 Å². The first-order valence-corrected chi connectivity index (χ1v) is 15.1. The van der Waals surface area contributed by atoms with Gasteiger partial charge in [0.05, 0.1) is 22.1 Å². The minimum atomic E-state index is -0.512. The Bertz CT molecular complexity index is 1820. The number of hydrogen-bond acceptors (Lipinski definition) is 3. The fourth-order valence-corrected chi connectivity index (χ4v) is 5.99. The number of aryl methyl sites for hydroxylation is 1. The number of imidazole rings is 1. The second-order valence-electron chi connectivity index (χ2n) is 10.8. The van der Waals surface area contributed by atoms with Crippen LogP contribution in [0.2, 0.25) is 10.0 Å². The van der Waals surface area contributed by atoms with Crippen molar-refractivity contribution in [1.29, 1.82) is 0 Å². The molecule has 1 unspecified atom stereocenters. The van der Waals surface area contributed by atoms with Crippen molar-refractivity contribution in [3.05, 3.63) is 118 Å². The van der Waals surface area contributed by atoms with Gasteiger partial charge in [-0.05, 0) is 77.9 Å². The highest BCUT2D eigenvalue weighted by Crippen LogP contribution is 2.41. The fourth-order valence-electron chi connectivity index (χ4n) is 5.56. The standard InChI is InChI=1S/C36H34Cl2FN3O/c1-6-9-32(25-15-13-24(43)16-22(25)7-2)40-21(5)23-12-14-26(28(17-23)20(3)4)35-27(10-8-11-29(35)37)36-41-33-18-30(38)31(39)19-34(33)42-36/h8,10-19,32,40,43H,3,5-7,9H2,1-2,4H3,(H,41,42). The van der Waals surface area contributed by atoms with Crippen LogP contribution in [0.15, 0.2) is 79.9 Å². The molecule has 1 aromatic heterocycles. The number of aromatic amines is 1. The maximum Gasteiger partial charge on any atom is 0.144 e. The number of nitrogens with one attached hydrogen (secondary N) is 2. The summed E-state index contributed by atoms with van der Waals surface area (Å²) in [5.74, 6) is 0.316. The summed E-state index contributed by atoms with van der Waals surface area (Å²) in [5.41, 5.74) is 9.34. The van der Waals surface area contributed by atoms with E-state index in [1.165, 1.54) is 12.1 Å². The first-order chi connectivity index (χ1) is 20.6. The summed E-state index contributed by atoms with van der Waals surface area (Å²) in [7, 11) is 0. The Morgan fingerprint density at radius 3 is 2.51 bits per heavy atom. The average molecular weight is 615 g/mol. The summed E-state index contributed by atoms with van der Waals surface area (Å²) >= 11 is 12.9. The Balaban J connectivity index is 1.55. The molecular weight excluding hydrogens is 580 g/mol. The molecule has 3 N–H and O–H groups in total. The molecule has 0 aliphatic carbocycles. The van der Waals surface area contributed by atoms with Gasteiger partial charge in [-0.3, -0.25) is 0 Å². The van der Waals surface area contributed by atoms with Crippen LogP contribution < -0.4 is 5.32 Å². The largest absolute Gasteiger partial charge is 0.508 e. The molecule has 1 heterocycles. The van der Waals surface area contributed by atoms with E-state index in [-0.39, 0.29) is 16.8 Å². The second-order valence-corrected chi connectivity index (χ2v) is 11.6. The monoisotopic (exact) mass is 613 g/mol. The smallest absolute Gasteiger partial charge is 0.144 e. The van der Waals surface area contributed by atoms with Crippen LogP contribution in [0, 0.1) is 5.82 Å². The van der Waals surface area contributed by atoms with Crippen molar-refractivity contribution in [3.8, 4) is 28.3 Å². The normalized spacial score (nSPS) is 12.0. The Morgan fingerprint density at radius 2 is 1.79 bits per heavy atom. The number of aromatic nitrogens is 2. The molecule has 43 heavy (non-hydrogen) atoms. The molecule has 0 bridgehead atoms. The van der Waals surface area contributed by atoms with Gasteiger partial charge in [0, 0.05) is 27.9 Å². The molecule has 4 aromatic carbocycles. The number of halogens is 3. The van der Waals surface area contributed by atoms with Crippen molar-refractivity contribution >= 4 is 45.5 Å². The molecule has 0 radical (unpaired) electrons. The molecule has 7 heteroatoms. The van der Waals surface area contributed by atoms with Crippen LogP contribution in [-0.2, 0) is 6.42 Å². The third-order valence-electron chi connectivity index (χ3n) is 7.70. The van der Waals surface area contributed by atoms with Crippen molar-refractivity contribution in [2.24, 2.45) is 0 Å². The first-order valence-electron chi connectivity index (χ1n) is 14.3. The first kappa shape index (κ1) is 30.4. The van der Waals surface area contributed by atoms with Crippen molar-refractivity contribution in [1.82, 2.24) is 15.3 Å². The zero-order valence-corrected chi connectivity index (χ0v) is 26.0. The Kier molecular flexibility index (Phi) is 8.95. The molecule has 0 aliphatic rings. The van der Waals surface area contributed by atoms with Crippen molar-refractivity contribution in [2.75, 3.05) is 0 Å². The summed E-state index contributed by atoms with van der Waals surface area (Å²) in [6.45, 7) is 14.9. The number of allylic oxidation sites excluding steroid dienone is 1. The Hall–Kier alpha value is -4.06. The number of benzene rings is 4. The van der Waals surface area contributed by atoms with Crippen LogP contribution in [0.1, 0.15) is 61.9 Å². The molecule has 0 saturated heterocycles. The number of hydrogen-bond donors (Lipinski definition) is 3. The van der Waals surface area contributed by atoms with Gasteiger partial charge >= 0.3 is 0 Å². The molecule has 1 atom stereocenters. The van der Waals surface area contributed by atoms with Crippen LogP contribution in [0.4, 0.5) is 4.39 Å². The molecule has 5 aromatic rings. The van der Waals surface area contributed by atoms with Crippen LogP contribution in [0.3, 0.4) is 0 Å². The average Bonchev–Trinajstić information content (AvgIpc) is 3.39. The minimum Gasteiger partial charge on any atom is -0.508 e. The van der Waals surface area contributed by atoms with Crippen molar-refractivity contribution < 1.29 is 9.50 Å². The molecule has 0 spiro atoms. The summed E-state index contributed by atoms with van der Waals surface area (Å²) in [6.07, 6.45) is 2.72. The van der Waals surface area contributed by atoms with E-state index in [0.717, 1.165) is 69.5 Å². The number of fused-ring (bicyclic) bond motifs is 1. The van der Waals surface area contributed by atoms with Gasteiger partial charge in [-0.1, -0.05) is 92.5 Å². The summed E-state index contributed by atoms with van der Waals surface area (Å²) in [4.78, 5) is 7.93. The third kappa shape index (κ3) is 6.20. The van der Waals surface area contributed by atoms with E-state index in [1.54, 1.807) is 6.07 Å². The van der Waals surface area contributed by atoms with Gasteiger partial charge in [0.2, 0.25) is 0 Å². The highest BCUT2D eigenvalue weighted by molar-refractivity contribution is 6.34. The lowest BCUT2D eigenvalue weighted by Gasteiger charge is -2.25. The van der Waals surface area contributed by atoms with Crippen molar-refractivity contribution in [3.63, 3.8) is 0 Å². The van der Waals surface area contributed by atoms with E-state index in [9.17, 15) is 9.50 Å². The van der Waals surface area contributed by atoms with Gasteiger partial charge in [-0.15, -0.1) is 0 Å². The zero-order valence-electron chi connectivity index (χ0n) is 24.5. The van der Waals surface area contributed by atoms with E-state index >= 15 is 0 Å². The van der Waals surface area contributed by atoms with Gasteiger partial charge < -0.3 is 15.4 Å². The lowest BCUT2D eigenvalue weighted by Crippen LogP contribution is -2.21. The lowest BCUT2D eigenvalue weighted by molar-refractivity contribution is 0.473. The molecule has 5 rings (SSSR count). The Morgan fingerprint density at radius 1 is 1.00 bits per heavy atom. The molecule has 220 valence electrons. The van der Waals surface area contributed by atoms with Crippen LogP contribution in [-0.4, -0.2) is 15.1 Å². The molecule has 0 aliphatic heterocycles. The van der Waals surface area contributed by atoms with Gasteiger partial charge in [0.15, 0.2) is 0 Å². The molecule has 0 amide bonds. The molecule has 0 saturated carbocycles. The summed E-state index contributed by atoms with van der Waals surface area (Å²) < 4.78 is 14.2. The van der Waals surface area contributed by atoms with Crippen LogP contribution >= 0.6 is 23.2 Å². The predicted octanol–water partition coefficient (Wildman–Crippen LogP) is 10.7. The second kappa shape index (κ2) is 12.7. The summed E-state index contributed by atoms with van der Waals surface area (Å²) in [5, 5.41) is 14.3.